The predicted molar refractivity (Wildman–Crippen MR) is 116 cm³/mol. The van der Waals surface area contributed by atoms with Crippen LogP contribution in [0.25, 0.3) is 0 Å². The summed E-state index contributed by atoms with van der Waals surface area (Å²) in [6.07, 6.45) is 3.45. The van der Waals surface area contributed by atoms with E-state index in [1.807, 2.05) is 23.7 Å². The zero-order valence-electron chi connectivity index (χ0n) is 16.2. The number of urea groups is 1. The minimum absolute atomic E-state index is 0.0148. The van der Waals surface area contributed by atoms with Crippen LogP contribution in [-0.2, 0) is 11.8 Å². The maximum Gasteiger partial charge on any atom is 0.312 e. The monoisotopic (exact) mass is 445 g/mol. The van der Waals surface area contributed by atoms with E-state index in [2.05, 4.69) is 15.6 Å². The Labute approximate surface area is 184 Å². The molecule has 156 valence electrons. The number of aryl methyl sites for hydroxylation is 1. The molecule has 30 heavy (non-hydrogen) atoms. The van der Waals surface area contributed by atoms with Gasteiger partial charge < -0.3 is 20.9 Å². The topological polar surface area (TPSA) is 102 Å². The Morgan fingerprint density at radius 1 is 1.00 bits per heavy atom. The fraction of sp³-hybridized carbons (Fsp3) is 0.190. The zero-order valence-corrected chi connectivity index (χ0v) is 17.7. The highest BCUT2D eigenvalue weighted by Gasteiger charge is 2.24. The molecule has 1 aromatic heterocycles. The van der Waals surface area contributed by atoms with Gasteiger partial charge in [-0.1, -0.05) is 47.5 Å². The number of hydrogen-bond donors (Lipinski definition) is 3. The minimum Gasteiger partial charge on any atom is -0.352 e. The van der Waals surface area contributed by atoms with Gasteiger partial charge in [-0.2, -0.15) is 0 Å². The van der Waals surface area contributed by atoms with E-state index in [0.717, 1.165) is 5.56 Å². The van der Waals surface area contributed by atoms with E-state index in [1.165, 1.54) is 0 Å². The van der Waals surface area contributed by atoms with E-state index in [4.69, 9.17) is 28.9 Å². The normalized spacial score (nSPS) is 12.8. The lowest BCUT2D eigenvalue weighted by Gasteiger charge is -2.22. The first-order valence-electron chi connectivity index (χ1n) is 9.17. The second-order valence-electron chi connectivity index (χ2n) is 6.77. The molecule has 3 rings (SSSR count). The van der Waals surface area contributed by atoms with E-state index in [-0.39, 0.29) is 12.3 Å². The predicted octanol–water partition coefficient (Wildman–Crippen LogP) is 3.73. The lowest BCUT2D eigenvalue weighted by molar-refractivity contribution is -0.122. The number of halogens is 2. The van der Waals surface area contributed by atoms with Gasteiger partial charge in [0.1, 0.15) is 11.9 Å². The molecule has 0 radical (unpaired) electrons. The number of aromatic nitrogens is 2. The van der Waals surface area contributed by atoms with E-state index >= 15 is 0 Å². The van der Waals surface area contributed by atoms with Crippen LogP contribution in [0.3, 0.4) is 0 Å². The van der Waals surface area contributed by atoms with Crippen LogP contribution >= 0.6 is 23.2 Å². The number of carbonyl (C=O) groups is 2. The Bertz CT molecular complexity index is 1020. The number of nitrogens with zero attached hydrogens (tertiary/aromatic N) is 2. The quantitative estimate of drug-likeness (QED) is 0.515. The smallest absolute Gasteiger partial charge is 0.312 e. The van der Waals surface area contributed by atoms with Gasteiger partial charge in [0.25, 0.3) is 0 Å². The van der Waals surface area contributed by atoms with Crippen LogP contribution in [0.1, 0.15) is 35.5 Å². The van der Waals surface area contributed by atoms with Crippen LogP contribution < -0.4 is 16.4 Å². The lowest BCUT2D eigenvalue weighted by Crippen LogP contribution is -2.38. The van der Waals surface area contributed by atoms with Gasteiger partial charge in [-0.05, 0) is 35.4 Å². The molecule has 0 aliphatic heterocycles. The second-order valence-corrected chi connectivity index (χ2v) is 7.64. The van der Waals surface area contributed by atoms with Crippen molar-refractivity contribution in [3.63, 3.8) is 0 Å². The van der Waals surface area contributed by atoms with Crippen molar-refractivity contribution >= 4 is 35.1 Å². The van der Waals surface area contributed by atoms with Crippen LogP contribution in [-0.4, -0.2) is 21.5 Å². The minimum atomic E-state index is -0.721. The number of benzene rings is 2. The highest BCUT2D eigenvalue weighted by molar-refractivity contribution is 6.30. The first-order valence-corrected chi connectivity index (χ1v) is 9.92. The number of carbonyl (C=O) groups excluding carboxylic acids is 2. The maximum absolute atomic E-state index is 12.9. The Hall–Kier alpha value is -3.03. The van der Waals surface area contributed by atoms with Gasteiger partial charge >= 0.3 is 6.03 Å². The molecule has 3 amide bonds. The van der Waals surface area contributed by atoms with Crippen LogP contribution in [0.15, 0.2) is 60.9 Å². The molecule has 0 aliphatic rings. The number of rotatable bonds is 7. The van der Waals surface area contributed by atoms with E-state index in [1.54, 1.807) is 48.8 Å². The van der Waals surface area contributed by atoms with Crippen molar-refractivity contribution in [1.82, 2.24) is 20.2 Å². The average molecular weight is 446 g/mol. The molecule has 0 saturated carbocycles. The third-order valence-electron chi connectivity index (χ3n) is 4.60. The molecule has 3 aromatic rings. The molecule has 0 aliphatic carbocycles. The van der Waals surface area contributed by atoms with Gasteiger partial charge in [0, 0.05) is 29.5 Å². The molecular formula is C21H21Cl2N5O2. The molecule has 4 N–H and O–H groups in total. The van der Waals surface area contributed by atoms with Gasteiger partial charge in [-0.15, -0.1) is 0 Å². The highest BCUT2D eigenvalue weighted by atomic mass is 35.5. The summed E-state index contributed by atoms with van der Waals surface area (Å²) >= 11 is 11.9. The first-order chi connectivity index (χ1) is 14.3. The number of nitrogens with one attached hydrogen (secondary N) is 2. The third kappa shape index (κ3) is 5.52. The summed E-state index contributed by atoms with van der Waals surface area (Å²) in [7, 11) is 1.85. The van der Waals surface area contributed by atoms with Crippen molar-refractivity contribution in [3.8, 4) is 0 Å². The van der Waals surface area contributed by atoms with Gasteiger partial charge in [0.2, 0.25) is 5.91 Å². The standard InChI is InChI=1S/C21H21Cl2N5O2/c1-28-11-10-25-20(28)19(14-4-8-16(23)9-5-14)27-18(29)12-17(26-21(24)30)13-2-6-15(22)7-3-13/h2-11,17,19H,12H2,1H3,(H,27,29)(H3,24,26,30)/t17-,19-/m0/s1. The number of amides is 3. The van der Waals surface area contributed by atoms with Crippen molar-refractivity contribution in [2.24, 2.45) is 12.8 Å². The van der Waals surface area contributed by atoms with Crippen LogP contribution in [0.2, 0.25) is 10.0 Å². The fourth-order valence-corrected chi connectivity index (χ4v) is 3.38. The Kier molecular flexibility index (Phi) is 6.97. The molecule has 9 heteroatoms. The number of nitrogens with two attached hydrogens (primary N) is 1. The molecule has 7 nitrogen and oxygen atoms in total. The van der Waals surface area contributed by atoms with Crippen LogP contribution in [0, 0.1) is 0 Å². The largest absolute Gasteiger partial charge is 0.352 e. The van der Waals surface area contributed by atoms with Gasteiger partial charge in [-0.25, -0.2) is 9.78 Å². The summed E-state index contributed by atoms with van der Waals surface area (Å²) in [6, 6.07) is 12.2. The Morgan fingerprint density at radius 2 is 1.57 bits per heavy atom. The number of primary amides is 1. The summed E-state index contributed by atoms with van der Waals surface area (Å²) in [6.45, 7) is 0. The second kappa shape index (κ2) is 9.65. The molecule has 1 heterocycles. The Balaban J connectivity index is 1.83. The van der Waals surface area contributed by atoms with Gasteiger partial charge in [0.15, 0.2) is 0 Å². The molecule has 2 aromatic carbocycles. The summed E-state index contributed by atoms with van der Waals surface area (Å²) in [4.78, 5) is 28.8. The van der Waals surface area contributed by atoms with Crippen LogP contribution in [0.5, 0.6) is 0 Å². The summed E-state index contributed by atoms with van der Waals surface area (Å²) in [5, 5.41) is 6.76. The molecule has 2 atom stereocenters. The fourth-order valence-electron chi connectivity index (χ4n) is 3.13. The molecule has 0 saturated heterocycles. The van der Waals surface area contributed by atoms with Crippen molar-refractivity contribution in [2.45, 2.75) is 18.5 Å². The van der Waals surface area contributed by atoms with Crippen molar-refractivity contribution in [1.29, 1.82) is 0 Å². The van der Waals surface area contributed by atoms with Crippen molar-refractivity contribution in [2.75, 3.05) is 0 Å². The molecule has 0 unspecified atom stereocenters. The lowest BCUT2D eigenvalue weighted by atomic mass is 10.0. The average Bonchev–Trinajstić information content (AvgIpc) is 3.12. The third-order valence-corrected chi connectivity index (χ3v) is 5.11. The molecule has 0 fully saturated rings. The SMILES string of the molecule is Cn1ccnc1[C@@H](NC(=O)C[C@H](NC(N)=O)c1ccc(Cl)cc1)c1ccc(Cl)cc1. The van der Waals surface area contributed by atoms with Crippen molar-refractivity contribution < 1.29 is 9.59 Å². The Morgan fingerprint density at radius 3 is 2.07 bits per heavy atom. The van der Waals surface area contributed by atoms with E-state index < -0.39 is 18.1 Å². The number of hydrogen-bond acceptors (Lipinski definition) is 3. The van der Waals surface area contributed by atoms with E-state index in [0.29, 0.717) is 21.4 Å². The zero-order chi connectivity index (χ0) is 21.7. The molecular weight excluding hydrogens is 425 g/mol. The number of imidazole rings is 1. The highest BCUT2D eigenvalue weighted by Crippen LogP contribution is 2.24. The van der Waals surface area contributed by atoms with E-state index in [9.17, 15) is 9.59 Å². The van der Waals surface area contributed by atoms with Crippen molar-refractivity contribution in [3.05, 3.63) is 87.9 Å². The molecule has 0 bridgehead atoms. The maximum atomic E-state index is 12.9. The summed E-state index contributed by atoms with van der Waals surface area (Å²) in [5.41, 5.74) is 6.85. The van der Waals surface area contributed by atoms with Gasteiger partial charge in [0.05, 0.1) is 12.5 Å². The van der Waals surface area contributed by atoms with Gasteiger partial charge in [-0.3, -0.25) is 4.79 Å². The summed E-state index contributed by atoms with van der Waals surface area (Å²) < 4.78 is 1.83. The summed E-state index contributed by atoms with van der Waals surface area (Å²) in [5.74, 6) is 0.378. The van der Waals surface area contributed by atoms with Crippen LogP contribution in [0.4, 0.5) is 4.79 Å². The first kappa shape index (κ1) is 21.7. The molecule has 0 spiro atoms.